The van der Waals surface area contributed by atoms with Gasteiger partial charge >= 0.3 is 5.97 Å². The highest BCUT2D eigenvalue weighted by molar-refractivity contribution is 5.69. The number of rotatable bonds is 17. The Hall–Kier alpha value is -0.650. The summed E-state index contributed by atoms with van der Waals surface area (Å²) in [5.41, 5.74) is 0. The van der Waals surface area contributed by atoms with Gasteiger partial charge in [-0.2, -0.15) is 0 Å². The molecule has 0 aromatic heterocycles. The Morgan fingerprint density at radius 3 is 1.31 bits per heavy atom. The van der Waals surface area contributed by atoms with E-state index in [2.05, 4.69) is 13.8 Å². The van der Waals surface area contributed by atoms with Crippen molar-refractivity contribution in [3.63, 3.8) is 0 Å². The minimum Gasteiger partial charge on any atom is -0.481 e. The molecular formula is C21H44O5. The van der Waals surface area contributed by atoms with Crippen LogP contribution in [0.5, 0.6) is 0 Å². The van der Waals surface area contributed by atoms with E-state index in [-0.39, 0.29) is 19.1 Å². The Morgan fingerprint density at radius 1 is 0.692 bits per heavy atom. The van der Waals surface area contributed by atoms with Crippen molar-refractivity contribution in [3.05, 3.63) is 0 Å². The molecule has 0 rings (SSSR count). The molecule has 5 nitrogen and oxygen atoms in total. The first kappa shape index (κ1) is 27.6. The van der Waals surface area contributed by atoms with E-state index in [9.17, 15) is 9.90 Å². The van der Waals surface area contributed by atoms with Gasteiger partial charge in [-0.3, -0.25) is 4.79 Å². The van der Waals surface area contributed by atoms with Crippen LogP contribution in [0.25, 0.3) is 0 Å². The van der Waals surface area contributed by atoms with E-state index in [1.54, 1.807) is 0 Å². The quantitative estimate of drug-likeness (QED) is 0.280. The molecule has 0 aromatic carbocycles. The van der Waals surface area contributed by atoms with Crippen molar-refractivity contribution in [1.29, 1.82) is 0 Å². The molecule has 0 heterocycles. The van der Waals surface area contributed by atoms with Gasteiger partial charge in [-0.25, -0.2) is 0 Å². The predicted molar refractivity (Wildman–Crippen MR) is 107 cm³/mol. The summed E-state index contributed by atoms with van der Waals surface area (Å²) >= 11 is 0. The molecule has 158 valence electrons. The summed E-state index contributed by atoms with van der Waals surface area (Å²) in [5.74, 6) is -0.668. The Bertz CT molecular complexity index is 280. The van der Waals surface area contributed by atoms with Crippen LogP contribution in [0.1, 0.15) is 104 Å². The topological polar surface area (TPSA) is 98.0 Å². The summed E-state index contributed by atoms with van der Waals surface area (Å²) in [6, 6.07) is 0. The number of hydrogen-bond acceptors (Lipinski definition) is 4. The Balaban J connectivity index is 0. The molecule has 0 fully saturated rings. The minimum absolute atomic E-state index is 0.0905. The van der Waals surface area contributed by atoms with Crippen molar-refractivity contribution in [1.82, 2.24) is 0 Å². The molecule has 0 saturated heterocycles. The van der Waals surface area contributed by atoms with Crippen molar-refractivity contribution in [2.45, 2.75) is 110 Å². The number of aliphatic hydroxyl groups is 3. The molecule has 0 aliphatic carbocycles. The number of aliphatic carboxylic acids is 1. The lowest BCUT2D eigenvalue weighted by molar-refractivity contribution is -0.142. The summed E-state index contributed by atoms with van der Waals surface area (Å²) in [6.07, 6.45) is 15.8. The van der Waals surface area contributed by atoms with Crippen LogP contribution in [0.2, 0.25) is 0 Å². The zero-order valence-electron chi connectivity index (χ0n) is 17.2. The van der Waals surface area contributed by atoms with Crippen molar-refractivity contribution < 1.29 is 25.2 Å². The highest BCUT2D eigenvalue weighted by Gasteiger charge is 2.16. The number of carbonyl (C=O) groups is 1. The van der Waals surface area contributed by atoms with Crippen LogP contribution in [0.4, 0.5) is 0 Å². The normalized spacial score (nSPS) is 11.9. The van der Waals surface area contributed by atoms with Gasteiger partial charge in [-0.05, 0) is 12.8 Å². The first-order valence-corrected chi connectivity index (χ1v) is 10.7. The van der Waals surface area contributed by atoms with Crippen LogP contribution in [0, 0.1) is 5.92 Å². The van der Waals surface area contributed by atoms with Gasteiger partial charge in [0.1, 0.15) is 6.10 Å². The van der Waals surface area contributed by atoms with E-state index >= 15 is 0 Å². The number of carboxylic acids is 1. The van der Waals surface area contributed by atoms with Gasteiger partial charge < -0.3 is 20.4 Å². The number of hydrogen-bond donors (Lipinski definition) is 4. The van der Waals surface area contributed by atoms with Crippen molar-refractivity contribution in [3.8, 4) is 0 Å². The molecule has 1 atom stereocenters. The van der Waals surface area contributed by atoms with E-state index in [0.717, 1.165) is 25.7 Å². The van der Waals surface area contributed by atoms with E-state index in [0.29, 0.717) is 0 Å². The second-order valence-corrected chi connectivity index (χ2v) is 7.17. The van der Waals surface area contributed by atoms with Crippen LogP contribution in [-0.2, 0) is 4.79 Å². The van der Waals surface area contributed by atoms with E-state index in [1.165, 1.54) is 64.2 Å². The van der Waals surface area contributed by atoms with Gasteiger partial charge in [0.05, 0.1) is 19.1 Å². The summed E-state index contributed by atoms with van der Waals surface area (Å²) in [4.78, 5) is 11.2. The van der Waals surface area contributed by atoms with Gasteiger partial charge in [0.25, 0.3) is 0 Å². The Kier molecular flexibility index (Phi) is 23.7. The second kappa shape index (κ2) is 22.4. The van der Waals surface area contributed by atoms with Gasteiger partial charge in [-0.1, -0.05) is 90.9 Å². The summed E-state index contributed by atoms with van der Waals surface area (Å²) in [6.45, 7) is 3.71. The summed E-state index contributed by atoms with van der Waals surface area (Å²) < 4.78 is 0. The third-order valence-corrected chi connectivity index (χ3v) is 4.58. The van der Waals surface area contributed by atoms with Crippen LogP contribution >= 0.6 is 0 Å². The van der Waals surface area contributed by atoms with Gasteiger partial charge in [-0.15, -0.1) is 0 Å². The van der Waals surface area contributed by atoms with E-state index in [1.807, 2.05) is 0 Å². The number of carboxylic acid groups (broad SMARTS) is 1. The van der Waals surface area contributed by atoms with Crippen LogP contribution < -0.4 is 0 Å². The molecule has 0 bridgehead atoms. The van der Waals surface area contributed by atoms with Crippen LogP contribution in [0.15, 0.2) is 0 Å². The number of aliphatic hydroxyl groups excluding tert-OH is 3. The molecule has 0 aliphatic rings. The van der Waals surface area contributed by atoms with Crippen LogP contribution in [0.3, 0.4) is 0 Å². The average molecular weight is 377 g/mol. The molecule has 4 N–H and O–H groups in total. The minimum atomic E-state index is -0.954. The molecular weight excluding hydrogens is 332 g/mol. The summed E-state index contributed by atoms with van der Waals surface area (Å²) in [7, 11) is 0. The zero-order chi connectivity index (χ0) is 20.0. The molecule has 26 heavy (non-hydrogen) atoms. The first-order valence-electron chi connectivity index (χ1n) is 10.7. The largest absolute Gasteiger partial charge is 0.481 e. The lowest BCUT2D eigenvalue weighted by atomic mass is 9.94. The highest BCUT2D eigenvalue weighted by Crippen LogP contribution is 2.19. The lowest BCUT2D eigenvalue weighted by Gasteiger charge is -2.12. The fourth-order valence-corrected chi connectivity index (χ4v) is 2.79. The predicted octanol–water partition coefficient (Wildman–Crippen LogP) is 4.52. The molecule has 5 heteroatoms. The Morgan fingerprint density at radius 2 is 1.04 bits per heavy atom. The molecule has 0 radical (unpaired) electrons. The molecule has 0 amide bonds. The van der Waals surface area contributed by atoms with Crippen molar-refractivity contribution in [2.75, 3.05) is 13.2 Å². The molecule has 0 aliphatic heterocycles. The maximum Gasteiger partial charge on any atom is 0.306 e. The molecule has 1 unspecified atom stereocenters. The molecule has 0 saturated carbocycles. The maximum atomic E-state index is 11.2. The molecule has 0 aromatic rings. The Labute approximate surface area is 160 Å². The van der Waals surface area contributed by atoms with Gasteiger partial charge in [0.2, 0.25) is 0 Å². The van der Waals surface area contributed by atoms with Crippen LogP contribution in [-0.4, -0.2) is 45.7 Å². The summed E-state index contributed by atoms with van der Waals surface area (Å²) in [5, 5.41) is 33.3. The molecule has 0 spiro atoms. The van der Waals surface area contributed by atoms with Gasteiger partial charge in [0.15, 0.2) is 0 Å². The van der Waals surface area contributed by atoms with Crippen molar-refractivity contribution >= 4 is 5.97 Å². The smallest absolute Gasteiger partial charge is 0.306 e. The second-order valence-electron chi connectivity index (χ2n) is 7.17. The average Bonchev–Trinajstić information content (AvgIpc) is 2.65. The zero-order valence-corrected chi connectivity index (χ0v) is 17.2. The first-order chi connectivity index (χ1) is 12.5. The fraction of sp³-hybridized carbons (Fsp3) is 0.952. The van der Waals surface area contributed by atoms with E-state index in [4.69, 9.17) is 15.3 Å². The lowest BCUT2D eigenvalue weighted by Crippen LogP contribution is -2.15. The fourth-order valence-electron chi connectivity index (χ4n) is 2.79. The highest BCUT2D eigenvalue weighted by atomic mass is 16.4. The number of unbranched alkanes of at least 4 members (excludes halogenated alkanes) is 10. The SMILES string of the molecule is CCCCCCCCCC(CCCCCCC)C(=O)O.OCC(O)CO. The monoisotopic (exact) mass is 376 g/mol. The third-order valence-electron chi connectivity index (χ3n) is 4.58. The maximum absolute atomic E-state index is 11.2. The van der Waals surface area contributed by atoms with Gasteiger partial charge in [0, 0.05) is 0 Å². The third kappa shape index (κ3) is 21.4. The standard InChI is InChI=1S/C18H36O2.C3H8O3/c1-3-5-7-9-10-12-14-16-17(18(19)20)15-13-11-8-6-4-2;4-1-3(6)2-5/h17H,3-16H2,1-2H3,(H,19,20);3-6H,1-2H2. The van der Waals surface area contributed by atoms with E-state index < -0.39 is 12.1 Å². The van der Waals surface area contributed by atoms with Crippen molar-refractivity contribution in [2.24, 2.45) is 5.92 Å².